The van der Waals surface area contributed by atoms with Crippen LogP contribution < -0.4 is 0 Å². The molecule has 23 heavy (non-hydrogen) atoms. The average Bonchev–Trinajstić information content (AvgIpc) is 2.87. The summed E-state index contributed by atoms with van der Waals surface area (Å²) in [5.74, 6) is 0.216. The third-order valence-corrected chi connectivity index (χ3v) is 5.23. The van der Waals surface area contributed by atoms with Crippen molar-refractivity contribution >= 4 is 10.9 Å². The van der Waals surface area contributed by atoms with E-state index in [0.29, 0.717) is 12.5 Å². The molecule has 2 aromatic rings. The highest BCUT2D eigenvalue weighted by Crippen LogP contribution is 2.40. The Bertz CT molecular complexity index is 674. The fourth-order valence-corrected chi connectivity index (χ4v) is 4.11. The summed E-state index contributed by atoms with van der Waals surface area (Å²) in [6, 6.07) is 4.94. The van der Waals surface area contributed by atoms with Gasteiger partial charge in [0.05, 0.1) is 6.54 Å². The molecule has 0 fully saturated rings. The molecule has 0 amide bonds. The third-order valence-electron chi connectivity index (χ3n) is 5.23. The number of halogens is 2. The molecule has 2 nitrogen and oxygen atoms in total. The van der Waals surface area contributed by atoms with Crippen LogP contribution in [0.1, 0.15) is 43.9 Å². The van der Waals surface area contributed by atoms with Crippen molar-refractivity contribution in [2.75, 3.05) is 26.3 Å². The SMILES string of the molecule is CCN(CC)CC1CCCc2c1c1cc(F)ccc1n2CCF. The lowest BCUT2D eigenvalue weighted by Gasteiger charge is -2.29. The zero-order valence-corrected chi connectivity index (χ0v) is 14.1. The first-order valence-electron chi connectivity index (χ1n) is 8.78. The van der Waals surface area contributed by atoms with Gasteiger partial charge in [-0.2, -0.15) is 0 Å². The molecule has 4 heteroatoms. The first-order chi connectivity index (χ1) is 11.2. The van der Waals surface area contributed by atoms with Gasteiger partial charge in [-0.05, 0) is 62.0 Å². The van der Waals surface area contributed by atoms with E-state index in [9.17, 15) is 8.78 Å². The first-order valence-corrected chi connectivity index (χ1v) is 8.78. The minimum Gasteiger partial charge on any atom is -0.342 e. The quantitative estimate of drug-likeness (QED) is 0.760. The van der Waals surface area contributed by atoms with Crippen molar-refractivity contribution in [3.8, 4) is 0 Å². The Kier molecular flexibility index (Phi) is 5.00. The fourth-order valence-electron chi connectivity index (χ4n) is 4.11. The lowest BCUT2D eigenvalue weighted by molar-refractivity contribution is 0.272. The van der Waals surface area contributed by atoms with Crippen molar-refractivity contribution < 1.29 is 8.78 Å². The molecule has 1 atom stereocenters. The minimum absolute atomic E-state index is 0.204. The van der Waals surface area contributed by atoms with Gasteiger partial charge in [0.25, 0.3) is 0 Å². The van der Waals surface area contributed by atoms with E-state index >= 15 is 0 Å². The van der Waals surface area contributed by atoms with Gasteiger partial charge in [0.2, 0.25) is 0 Å². The van der Waals surface area contributed by atoms with Crippen LogP contribution in [0.2, 0.25) is 0 Å². The monoisotopic (exact) mass is 320 g/mol. The summed E-state index contributed by atoms with van der Waals surface area (Å²) in [5, 5.41) is 0.991. The normalized spacial score (nSPS) is 17.9. The smallest absolute Gasteiger partial charge is 0.123 e. The van der Waals surface area contributed by atoms with Crippen LogP contribution in [-0.2, 0) is 13.0 Å². The standard InChI is InChI=1S/C19H26F2N2/c1-3-22(4-2)13-14-6-5-7-18-19(14)16-12-15(21)8-9-17(16)23(18)11-10-20/h8-9,12,14H,3-7,10-11,13H2,1-2H3. The molecule has 0 spiro atoms. The number of fused-ring (bicyclic) bond motifs is 3. The molecule has 0 saturated heterocycles. The van der Waals surface area contributed by atoms with Crippen LogP contribution in [0.3, 0.4) is 0 Å². The van der Waals surface area contributed by atoms with Crippen LogP contribution in [0.25, 0.3) is 10.9 Å². The van der Waals surface area contributed by atoms with E-state index in [-0.39, 0.29) is 12.5 Å². The Morgan fingerprint density at radius 2 is 2.04 bits per heavy atom. The van der Waals surface area contributed by atoms with Crippen molar-refractivity contribution in [3.63, 3.8) is 0 Å². The average molecular weight is 320 g/mol. The Morgan fingerprint density at radius 3 is 2.74 bits per heavy atom. The van der Waals surface area contributed by atoms with Crippen LogP contribution in [0.4, 0.5) is 8.78 Å². The predicted molar refractivity (Wildman–Crippen MR) is 91.3 cm³/mol. The molecule has 1 unspecified atom stereocenters. The Balaban J connectivity index is 2.11. The molecule has 1 aromatic heterocycles. The van der Waals surface area contributed by atoms with Crippen molar-refractivity contribution in [2.45, 2.75) is 45.6 Å². The zero-order chi connectivity index (χ0) is 16.4. The van der Waals surface area contributed by atoms with Crippen LogP contribution in [0.5, 0.6) is 0 Å². The number of hydrogen-bond acceptors (Lipinski definition) is 1. The molecule has 0 saturated carbocycles. The van der Waals surface area contributed by atoms with Gasteiger partial charge in [0.1, 0.15) is 12.5 Å². The summed E-state index contributed by atoms with van der Waals surface area (Å²) in [5.41, 5.74) is 3.48. The molecular formula is C19H26F2N2. The Morgan fingerprint density at radius 1 is 1.26 bits per heavy atom. The molecule has 126 valence electrons. The molecule has 0 radical (unpaired) electrons. The molecule has 0 N–H and O–H groups in total. The van der Waals surface area contributed by atoms with Crippen molar-refractivity contribution in [1.82, 2.24) is 9.47 Å². The van der Waals surface area contributed by atoms with E-state index in [1.807, 2.05) is 6.07 Å². The van der Waals surface area contributed by atoms with Gasteiger partial charge in [-0.1, -0.05) is 13.8 Å². The number of alkyl halides is 1. The maximum Gasteiger partial charge on any atom is 0.123 e. The largest absolute Gasteiger partial charge is 0.342 e. The minimum atomic E-state index is -0.381. The second-order valence-electron chi connectivity index (χ2n) is 6.44. The highest BCUT2D eigenvalue weighted by Gasteiger charge is 2.28. The van der Waals surface area contributed by atoms with Gasteiger partial charge in [-0.3, -0.25) is 0 Å². The van der Waals surface area contributed by atoms with Crippen LogP contribution in [0.15, 0.2) is 18.2 Å². The molecule has 1 aromatic carbocycles. The molecule has 0 bridgehead atoms. The second kappa shape index (κ2) is 7.00. The molecular weight excluding hydrogens is 294 g/mol. The lowest BCUT2D eigenvalue weighted by atomic mass is 9.84. The molecule has 3 rings (SSSR count). The number of rotatable bonds is 6. The van der Waals surface area contributed by atoms with Gasteiger partial charge in [0, 0.05) is 23.1 Å². The summed E-state index contributed by atoms with van der Waals surface area (Å²) < 4.78 is 29.0. The number of likely N-dealkylation sites (N-methyl/N-ethyl adjacent to an activating group) is 1. The molecule has 1 heterocycles. The van der Waals surface area contributed by atoms with Crippen LogP contribution >= 0.6 is 0 Å². The number of benzene rings is 1. The van der Waals surface area contributed by atoms with E-state index in [2.05, 4.69) is 23.3 Å². The topological polar surface area (TPSA) is 8.17 Å². The van der Waals surface area contributed by atoms with Crippen molar-refractivity contribution in [3.05, 3.63) is 35.3 Å². The first kappa shape index (κ1) is 16.4. The highest BCUT2D eigenvalue weighted by atomic mass is 19.1. The van der Waals surface area contributed by atoms with Gasteiger partial charge >= 0.3 is 0 Å². The van der Waals surface area contributed by atoms with E-state index in [0.717, 1.165) is 49.8 Å². The Labute approximate surface area is 137 Å². The van der Waals surface area contributed by atoms with E-state index in [1.54, 1.807) is 6.07 Å². The molecule has 1 aliphatic carbocycles. The van der Waals surface area contributed by atoms with E-state index < -0.39 is 0 Å². The molecule has 1 aliphatic rings. The molecule has 0 aliphatic heterocycles. The summed E-state index contributed by atoms with van der Waals surface area (Å²) in [6.07, 6.45) is 3.24. The fraction of sp³-hybridized carbons (Fsp3) is 0.579. The van der Waals surface area contributed by atoms with E-state index in [4.69, 9.17) is 0 Å². The van der Waals surface area contributed by atoms with Crippen LogP contribution in [-0.4, -0.2) is 35.8 Å². The summed E-state index contributed by atoms with van der Waals surface area (Å²) in [6.45, 7) is 7.41. The van der Waals surface area contributed by atoms with Crippen molar-refractivity contribution in [2.24, 2.45) is 0 Å². The zero-order valence-electron chi connectivity index (χ0n) is 14.1. The van der Waals surface area contributed by atoms with Gasteiger partial charge in [0.15, 0.2) is 0 Å². The Hall–Kier alpha value is -1.42. The summed E-state index contributed by atoms with van der Waals surface area (Å²) in [4.78, 5) is 2.43. The predicted octanol–water partition coefficient (Wildman–Crippen LogP) is 4.51. The summed E-state index contributed by atoms with van der Waals surface area (Å²) >= 11 is 0. The van der Waals surface area contributed by atoms with Gasteiger partial charge in [-0.25, -0.2) is 8.78 Å². The van der Waals surface area contributed by atoms with Crippen molar-refractivity contribution in [1.29, 1.82) is 0 Å². The number of aromatic nitrogens is 1. The van der Waals surface area contributed by atoms with E-state index in [1.165, 1.54) is 17.3 Å². The van der Waals surface area contributed by atoms with Gasteiger partial charge in [-0.15, -0.1) is 0 Å². The maximum atomic E-state index is 13.8. The maximum absolute atomic E-state index is 13.8. The van der Waals surface area contributed by atoms with Crippen LogP contribution in [0, 0.1) is 5.82 Å². The summed E-state index contributed by atoms with van der Waals surface area (Å²) in [7, 11) is 0. The number of nitrogens with zero attached hydrogens (tertiary/aromatic N) is 2. The van der Waals surface area contributed by atoms with Gasteiger partial charge < -0.3 is 9.47 Å². The third kappa shape index (κ3) is 3.01. The number of hydrogen-bond donors (Lipinski definition) is 0. The number of aryl methyl sites for hydroxylation is 1. The second-order valence-corrected chi connectivity index (χ2v) is 6.44. The lowest BCUT2D eigenvalue weighted by Crippen LogP contribution is -2.30. The highest BCUT2D eigenvalue weighted by molar-refractivity contribution is 5.86.